The zero-order chi connectivity index (χ0) is 17.8. The molecule has 1 amide bonds. The van der Waals surface area contributed by atoms with Crippen molar-refractivity contribution in [1.29, 1.82) is 0 Å². The molecular formula is C17H20F2N4O2. The predicted molar refractivity (Wildman–Crippen MR) is 86.2 cm³/mol. The van der Waals surface area contributed by atoms with E-state index in [4.69, 9.17) is 4.74 Å². The number of carbonyl (C=O) groups excluding carboxylic acids is 1. The summed E-state index contributed by atoms with van der Waals surface area (Å²) in [6.45, 7) is 0.0778. The number of aromatic nitrogens is 3. The lowest BCUT2D eigenvalue weighted by Gasteiger charge is -2.24. The quantitative estimate of drug-likeness (QED) is 0.900. The molecule has 1 aliphatic rings. The molecule has 6 nitrogen and oxygen atoms in total. The minimum absolute atomic E-state index is 0.0230. The van der Waals surface area contributed by atoms with Gasteiger partial charge in [0.05, 0.1) is 13.7 Å². The topological polar surface area (TPSA) is 69.0 Å². The maximum absolute atomic E-state index is 14.0. The molecular weight excluding hydrogens is 330 g/mol. The largest absolute Gasteiger partial charge is 0.496 e. The molecule has 2 aromatic rings. The summed E-state index contributed by atoms with van der Waals surface area (Å²) >= 11 is 0. The van der Waals surface area contributed by atoms with E-state index in [2.05, 4.69) is 15.5 Å². The van der Waals surface area contributed by atoms with Crippen LogP contribution in [0.25, 0.3) is 0 Å². The molecule has 0 bridgehead atoms. The van der Waals surface area contributed by atoms with Gasteiger partial charge in [-0.1, -0.05) is 19.3 Å². The predicted octanol–water partition coefficient (Wildman–Crippen LogP) is 3.00. The van der Waals surface area contributed by atoms with Gasteiger partial charge in [-0.25, -0.2) is 8.78 Å². The number of methoxy groups -OCH3 is 1. The number of amides is 1. The van der Waals surface area contributed by atoms with Crippen molar-refractivity contribution in [1.82, 2.24) is 20.1 Å². The molecule has 1 aromatic carbocycles. The SMILES string of the molecule is COc1ccc(F)c(F)c1C(=O)NCc1nncn1C1CCCCC1. The molecule has 1 N–H and O–H groups in total. The van der Waals surface area contributed by atoms with Gasteiger partial charge in [0.15, 0.2) is 17.5 Å². The number of ether oxygens (including phenoxy) is 1. The summed E-state index contributed by atoms with van der Waals surface area (Å²) in [5.41, 5.74) is -0.453. The van der Waals surface area contributed by atoms with Gasteiger partial charge in [-0.05, 0) is 25.0 Å². The highest BCUT2D eigenvalue weighted by atomic mass is 19.2. The van der Waals surface area contributed by atoms with Crippen LogP contribution in [0.2, 0.25) is 0 Å². The third-order valence-corrected chi connectivity index (χ3v) is 4.53. The molecule has 1 heterocycles. The third kappa shape index (κ3) is 3.62. The molecule has 0 aliphatic heterocycles. The van der Waals surface area contributed by atoms with Crippen LogP contribution >= 0.6 is 0 Å². The minimum Gasteiger partial charge on any atom is -0.496 e. The van der Waals surface area contributed by atoms with Gasteiger partial charge >= 0.3 is 0 Å². The van der Waals surface area contributed by atoms with E-state index in [1.165, 1.54) is 19.6 Å². The summed E-state index contributed by atoms with van der Waals surface area (Å²) in [5, 5.41) is 10.5. The molecule has 0 atom stereocenters. The lowest BCUT2D eigenvalue weighted by atomic mass is 9.95. The number of hydrogen-bond donors (Lipinski definition) is 1. The zero-order valence-corrected chi connectivity index (χ0v) is 14.0. The number of hydrogen-bond acceptors (Lipinski definition) is 4. The highest BCUT2D eigenvalue weighted by molar-refractivity contribution is 5.97. The molecule has 25 heavy (non-hydrogen) atoms. The van der Waals surface area contributed by atoms with Gasteiger partial charge in [0.25, 0.3) is 5.91 Å². The van der Waals surface area contributed by atoms with E-state index < -0.39 is 23.1 Å². The molecule has 3 rings (SSSR count). The van der Waals surface area contributed by atoms with E-state index in [1.54, 1.807) is 6.33 Å². The van der Waals surface area contributed by atoms with Crippen molar-refractivity contribution in [2.75, 3.05) is 7.11 Å². The van der Waals surface area contributed by atoms with E-state index in [0.29, 0.717) is 11.9 Å². The molecule has 1 saturated carbocycles. The Labute approximate surface area is 144 Å². The van der Waals surface area contributed by atoms with Gasteiger partial charge in [-0.2, -0.15) is 0 Å². The van der Waals surface area contributed by atoms with Gasteiger partial charge < -0.3 is 14.6 Å². The van der Waals surface area contributed by atoms with Crippen LogP contribution in [0.5, 0.6) is 5.75 Å². The Morgan fingerprint density at radius 1 is 1.32 bits per heavy atom. The molecule has 8 heteroatoms. The minimum atomic E-state index is -1.23. The van der Waals surface area contributed by atoms with Gasteiger partial charge in [-0.3, -0.25) is 4.79 Å². The van der Waals surface area contributed by atoms with E-state index in [9.17, 15) is 13.6 Å². The maximum atomic E-state index is 14.0. The Kier molecular flexibility index (Phi) is 5.25. The molecule has 0 unspecified atom stereocenters. The summed E-state index contributed by atoms with van der Waals surface area (Å²) in [7, 11) is 1.29. The summed E-state index contributed by atoms with van der Waals surface area (Å²) in [6.07, 6.45) is 7.28. The summed E-state index contributed by atoms with van der Waals surface area (Å²) in [5.74, 6) is -2.52. The monoisotopic (exact) mass is 350 g/mol. The Morgan fingerprint density at radius 3 is 2.80 bits per heavy atom. The lowest BCUT2D eigenvalue weighted by molar-refractivity contribution is 0.0940. The standard InChI is InChI=1S/C17H20F2N4O2/c1-25-13-8-7-12(18)16(19)15(13)17(24)20-9-14-22-21-10-23(14)11-5-3-2-4-6-11/h7-8,10-11H,2-6,9H2,1H3,(H,20,24). The average molecular weight is 350 g/mol. The van der Waals surface area contributed by atoms with Crippen LogP contribution in [0.3, 0.4) is 0 Å². The average Bonchev–Trinajstić information content (AvgIpc) is 3.11. The number of halogens is 2. The van der Waals surface area contributed by atoms with Crippen molar-refractivity contribution in [3.05, 3.63) is 41.5 Å². The molecule has 1 aliphatic carbocycles. The Morgan fingerprint density at radius 2 is 2.08 bits per heavy atom. The fourth-order valence-corrected chi connectivity index (χ4v) is 3.22. The maximum Gasteiger partial charge on any atom is 0.258 e. The fraction of sp³-hybridized carbons (Fsp3) is 0.471. The van der Waals surface area contributed by atoms with Gasteiger partial charge in [0.2, 0.25) is 0 Å². The Hall–Kier alpha value is -2.51. The van der Waals surface area contributed by atoms with E-state index in [-0.39, 0.29) is 12.3 Å². The highest BCUT2D eigenvalue weighted by Crippen LogP contribution is 2.28. The van der Waals surface area contributed by atoms with E-state index >= 15 is 0 Å². The zero-order valence-electron chi connectivity index (χ0n) is 14.0. The smallest absolute Gasteiger partial charge is 0.258 e. The van der Waals surface area contributed by atoms with E-state index in [1.807, 2.05) is 4.57 Å². The number of nitrogens with zero attached hydrogens (tertiary/aromatic N) is 3. The van der Waals surface area contributed by atoms with Gasteiger partial charge in [-0.15, -0.1) is 10.2 Å². The summed E-state index contributed by atoms with van der Waals surface area (Å²) < 4.78 is 34.3. The van der Waals surface area contributed by atoms with Crippen molar-refractivity contribution in [3.63, 3.8) is 0 Å². The Bertz CT molecular complexity index is 757. The van der Waals surface area contributed by atoms with Crippen molar-refractivity contribution < 1.29 is 18.3 Å². The second-order valence-electron chi connectivity index (χ2n) is 6.07. The van der Waals surface area contributed by atoms with Gasteiger partial charge in [0.1, 0.15) is 17.6 Å². The molecule has 0 radical (unpaired) electrons. The molecule has 134 valence electrons. The van der Waals surface area contributed by atoms with Crippen molar-refractivity contribution >= 4 is 5.91 Å². The lowest BCUT2D eigenvalue weighted by Crippen LogP contribution is -2.27. The second-order valence-corrected chi connectivity index (χ2v) is 6.07. The number of nitrogens with one attached hydrogen (secondary N) is 1. The van der Waals surface area contributed by atoms with Crippen molar-refractivity contribution in [2.24, 2.45) is 0 Å². The molecule has 1 fully saturated rings. The summed E-state index contributed by atoms with van der Waals surface area (Å²) in [4.78, 5) is 12.3. The summed E-state index contributed by atoms with van der Waals surface area (Å²) in [6, 6.07) is 2.46. The first-order chi connectivity index (χ1) is 12.1. The van der Waals surface area contributed by atoms with Crippen LogP contribution in [0.4, 0.5) is 8.78 Å². The van der Waals surface area contributed by atoms with Crippen molar-refractivity contribution in [3.8, 4) is 5.75 Å². The van der Waals surface area contributed by atoms with Crippen LogP contribution in [-0.4, -0.2) is 27.8 Å². The second kappa shape index (κ2) is 7.58. The van der Waals surface area contributed by atoms with Crippen LogP contribution < -0.4 is 10.1 Å². The first kappa shape index (κ1) is 17.3. The normalized spacial score (nSPS) is 15.2. The molecule has 1 aromatic heterocycles. The van der Waals surface area contributed by atoms with E-state index in [0.717, 1.165) is 31.7 Å². The van der Waals surface area contributed by atoms with Crippen molar-refractivity contribution in [2.45, 2.75) is 44.7 Å². The van der Waals surface area contributed by atoms with Crippen LogP contribution in [0.15, 0.2) is 18.5 Å². The van der Waals surface area contributed by atoms with Crippen LogP contribution in [-0.2, 0) is 6.54 Å². The van der Waals surface area contributed by atoms with Crippen LogP contribution in [0.1, 0.15) is 54.3 Å². The number of benzene rings is 1. The third-order valence-electron chi connectivity index (χ3n) is 4.53. The number of rotatable bonds is 5. The molecule has 0 spiro atoms. The van der Waals surface area contributed by atoms with Crippen LogP contribution in [0, 0.1) is 11.6 Å². The van der Waals surface area contributed by atoms with Gasteiger partial charge in [0, 0.05) is 6.04 Å². The molecule has 0 saturated heterocycles. The fourth-order valence-electron chi connectivity index (χ4n) is 3.22. The first-order valence-corrected chi connectivity index (χ1v) is 8.30. The Balaban J connectivity index is 1.74. The highest BCUT2D eigenvalue weighted by Gasteiger charge is 2.23. The number of carbonyl (C=O) groups is 1. The first-order valence-electron chi connectivity index (χ1n) is 8.30.